The minimum Gasteiger partial charge on any atom is -0.399 e. The van der Waals surface area contributed by atoms with Crippen molar-refractivity contribution >= 4 is 17.4 Å². The maximum absolute atomic E-state index is 9.88. The van der Waals surface area contributed by atoms with Gasteiger partial charge >= 0.3 is 0 Å². The highest BCUT2D eigenvalue weighted by atomic mass is 32.2. The smallest absolute Gasteiger partial charge is 0.0881 e. The second-order valence-corrected chi connectivity index (χ2v) is 5.19. The number of hydrogen-bond donors (Lipinski definition) is 2. The van der Waals surface area contributed by atoms with E-state index in [2.05, 4.69) is 13.8 Å². The van der Waals surface area contributed by atoms with Crippen molar-refractivity contribution in [2.24, 2.45) is 5.92 Å². The van der Waals surface area contributed by atoms with Crippen molar-refractivity contribution in [1.29, 1.82) is 0 Å². The van der Waals surface area contributed by atoms with Gasteiger partial charge in [-0.2, -0.15) is 11.8 Å². The zero-order chi connectivity index (χ0) is 11.3. The van der Waals surface area contributed by atoms with E-state index in [-0.39, 0.29) is 0 Å². The second kappa shape index (κ2) is 6.03. The van der Waals surface area contributed by atoms with Crippen molar-refractivity contribution < 1.29 is 5.11 Å². The predicted molar refractivity (Wildman–Crippen MR) is 68.0 cm³/mol. The van der Waals surface area contributed by atoms with Crippen molar-refractivity contribution in [2.75, 3.05) is 17.2 Å². The van der Waals surface area contributed by atoms with Gasteiger partial charge in [-0.05, 0) is 29.4 Å². The van der Waals surface area contributed by atoms with Gasteiger partial charge in [-0.1, -0.05) is 26.0 Å². The number of hydrogen-bond acceptors (Lipinski definition) is 3. The van der Waals surface area contributed by atoms with Crippen molar-refractivity contribution in [2.45, 2.75) is 20.0 Å². The molecule has 1 unspecified atom stereocenters. The molecule has 15 heavy (non-hydrogen) atoms. The standard InChI is InChI=1S/C12H19NOS/c1-9(2)7-15-8-12(14)10-4-3-5-11(13)6-10/h3-6,9,12,14H,7-8,13H2,1-2H3. The lowest BCUT2D eigenvalue weighted by atomic mass is 10.1. The Balaban J connectivity index is 2.43. The van der Waals surface area contributed by atoms with Crippen molar-refractivity contribution in [3.8, 4) is 0 Å². The first-order chi connectivity index (χ1) is 7.09. The average Bonchev–Trinajstić information content (AvgIpc) is 2.17. The van der Waals surface area contributed by atoms with Gasteiger partial charge < -0.3 is 10.8 Å². The molecular weight excluding hydrogens is 206 g/mol. The first-order valence-corrected chi connectivity index (χ1v) is 6.36. The molecule has 1 atom stereocenters. The quantitative estimate of drug-likeness (QED) is 0.757. The van der Waals surface area contributed by atoms with Crippen LogP contribution in [-0.2, 0) is 0 Å². The van der Waals surface area contributed by atoms with Crippen LogP contribution in [0.1, 0.15) is 25.5 Å². The summed E-state index contributed by atoms with van der Waals surface area (Å²) in [5.74, 6) is 2.49. The molecule has 2 nitrogen and oxygen atoms in total. The highest BCUT2D eigenvalue weighted by Crippen LogP contribution is 2.21. The molecule has 84 valence electrons. The number of nitrogen functional groups attached to an aromatic ring is 1. The zero-order valence-corrected chi connectivity index (χ0v) is 10.1. The highest BCUT2D eigenvalue weighted by molar-refractivity contribution is 7.99. The number of rotatable bonds is 5. The van der Waals surface area contributed by atoms with E-state index in [0.717, 1.165) is 17.1 Å². The molecule has 1 aromatic rings. The third-order valence-corrected chi connectivity index (χ3v) is 3.48. The fraction of sp³-hybridized carbons (Fsp3) is 0.500. The summed E-state index contributed by atoms with van der Waals surface area (Å²) in [6.45, 7) is 4.36. The maximum Gasteiger partial charge on any atom is 0.0881 e. The lowest BCUT2D eigenvalue weighted by molar-refractivity contribution is 0.204. The van der Waals surface area contributed by atoms with E-state index < -0.39 is 6.10 Å². The van der Waals surface area contributed by atoms with E-state index in [4.69, 9.17) is 5.73 Å². The molecule has 0 aliphatic carbocycles. The van der Waals surface area contributed by atoms with Crippen LogP contribution in [0.5, 0.6) is 0 Å². The van der Waals surface area contributed by atoms with Crippen LogP contribution in [0.2, 0.25) is 0 Å². The van der Waals surface area contributed by atoms with Crippen LogP contribution in [0.15, 0.2) is 24.3 Å². The van der Waals surface area contributed by atoms with E-state index in [1.165, 1.54) is 0 Å². The molecule has 0 amide bonds. The molecule has 1 rings (SSSR count). The minimum absolute atomic E-state index is 0.405. The molecule has 0 heterocycles. The Bertz CT molecular complexity index is 301. The molecule has 0 aromatic heterocycles. The largest absolute Gasteiger partial charge is 0.399 e. The number of nitrogens with two attached hydrogens (primary N) is 1. The molecule has 1 aromatic carbocycles. The van der Waals surface area contributed by atoms with Crippen LogP contribution in [0.25, 0.3) is 0 Å². The number of aliphatic hydroxyl groups is 1. The molecule has 0 bridgehead atoms. The monoisotopic (exact) mass is 225 g/mol. The topological polar surface area (TPSA) is 46.2 Å². The summed E-state index contributed by atoms with van der Waals surface area (Å²) in [7, 11) is 0. The summed E-state index contributed by atoms with van der Waals surface area (Å²) in [5.41, 5.74) is 7.27. The molecule has 0 spiro atoms. The minimum atomic E-state index is -0.405. The van der Waals surface area contributed by atoms with Gasteiger partial charge in [0.25, 0.3) is 0 Å². The molecule has 3 N–H and O–H groups in total. The van der Waals surface area contributed by atoms with Crippen LogP contribution < -0.4 is 5.73 Å². The lowest BCUT2D eigenvalue weighted by Crippen LogP contribution is -2.03. The summed E-state index contributed by atoms with van der Waals surface area (Å²) in [5, 5.41) is 9.88. The summed E-state index contributed by atoms with van der Waals surface area (Å²) >= 11 is 1.78. The Morgan fingerprint density at radius 1 is 1.33 bits per heavy atom. The van der Waals surface area contributed by atoms with Gasteiger partial charge in [0.2, 0.25) is 0 Å². The van der Waals surface area contributed by atoms with Crippen LogP contribution in [-0.4, -0.2) is 16.6 Å². The Morgan fingerprint density at radius 2 is 2.07 bits per heavy atom. The first-order valence-electron chi connectivity index (χ1n) is 5.21. The summed E-state index contributed by atoms with van der Waals surface area (Å²) in [4.78, 5) is 0. The lowest BCUT2D eigenvalue weighted by Gasteiger charge is -2.12. The van der Waals surface area contributed by atoms with Crippen LogP contribution in [0, 0.1) is 5.92 Å². The van der Waals surface area contributed by atoms with Crippen LogP contribution >= 0.6 is 11.8 Å². The van der Waals surface area contributed by atoms with Gasteiger partial charge in [0.05, 0.1) is 6.10 Å². The molecule has 0 aliphatic rings. The van der Waals surface area contributed by atoms with Gasteiger partial charge in [0, 0.05) is 11.4 Å². The van der Waals surface area contributed by atoms with Gasteiger partial charge in [-0.15, -0.1) is 0 Å². The summed E-state index contributed by atoms with van der Waals surface area (Å²) in [6.07, 6.45) is -0.405. The van der Waals surface area contributed by atoms with Crippen LogP contribution in [0.3, 0.4) is 0 Å². The molecular formula is C12H19NOS. The van der Waals surface area contributed by atoms with Gasteiger partial charge in [-0.3, -0.25) is 0 Å². The predicted octanol–water partition coefficient (Wildman–Crippen LogP) is 2.69. The zero-order valence-electron chi connectivity index (χ0n) is 9.31. The Kier molecular flexibility index (Phi) is 4.99. The normalized spacial score (nSPS) is 13.1. The highest BCUT2D eigenvalue weighted by Gasteiger charge is 2.07. The second-order valence-electron chi connectivity index (χ2n) is 4.12. The van der Waals surface area contributed by atoms with Crippen molar-refractivity contribution in [3.63, 3.8) is 0 Å². The fourth-order valence-corrected chi connectivity index (χ4v) is 2.30. The molecule has 0 saturated carbocycles. The average molecular weight is 225 g/mol. The first kappa shape index (κ1) is 12.4. The van der Waals surface area contributed by atoms with Crippen LogP contribution in [0.4, 0.5) is 5.69 Å². The van der Waals surface area contributed by atoms with Crippen molar-refractivity contribution in [3.05, 3.63) is 29.8 Å². The van der Waals surface area contributed by atoms with E-state index in [1.54, 1.807) is 11.8 Å². The third kappa shape index (κ3) is 4.58. The van der Waals surface area contributed by atoms with E-state index in [0.29, 0.717) is 11.6 Å². The molecule has 0 fully saturated rings. The van der Waals surface area contributed by atoms with E-state index in [9.17, 15) is 5.11 Å². The maximum atomic E-state index is 9.88. The SMILES string of the molecule is CC(C)CSCC(O)c1cccc(N)c1. The number of thioether (sulfide) groups is 1. The van der Waals surface area contributed by atoms with Crippen molar-refractivity contribution in [1.82, 2.24) is 0 Å². The van der Waals surface area contributed by atoms with Gasteiger partial charge in [0.15, 0.2) is 0 Å². The number of anilines is 1. The van der Waals surface area contributed by atoms with Gasteiger partial charge in [-0.25, -0.2) is 0 Å². The fourth-order valence-electron chi connectivity index (χ4n) is 1.28. The third-order valence-electron chi connectivity index (χ3n) is 2.02. The number of aliphatic hydroxyl groups excluding tert-OH is 1. The number of benzene rings is 1. The molecule has 0 radical (unpaired) electrons. The molecule has 3 heteroatoms. The Hall–Kier alpha value is -0.670. The molecule has 0 aliphatic heterocycles. The van der Waals surface area contributed by atoms with E-state index in [1.807, 2.05) is 24.3 Å². The van der Waals surface area contributed by atoms with Gasteiger partial charge in [0.1, 0.15) is 0 Å². The van der Waals surface area contributed by atoms with E-state index >= 15 is 0 Å². The summed E-state index contributed by atoms with van der Waals surface area (Å²) in [6, 6.07) is 7.45. The Labute approximate surface area is 95.9 Å². The molecule has 0 saturated heterocycles. The summed E-state index contributed by atoms with van der Waals surface area (Å²) < 4.78 is 0. The Morgan fingerprint density at radius 3 is 2.67 bits per heavy atom.